The first-order chi connectivity index (χ1) is 10.4. The van der Waals surface area contributed by atoms with Gasteiger partial charge in [-0.1, -0.05) is 11.6 Å². The SMILES string of the molecule is CCOc1ccc(Cl)cc1/C=C1\SC(=O)N(CC(N)=O)C1=O. The molecule has 0 aromatic heterocycles. The molecule has 0 saturated carbocycles. The van der Waals surface area contributed by atoms with Crippen molar-refractivity contribution < 1.29 is 19.1 Å². The van der Waals surface area contributed by atoms with Gasteiger partial charge in [-0.15, -0.1) is 0 Å². The van der Waals surface area contributed by atoms with Gasteiger partial charge in [0.25, 0.3) is 11.1 Å². The summed E-state index contributed by atoms with van der Waals surface area (Å²) < 4.78 is 5.46. The molecule has 0 radical (unpaired) electrons. The van der Waals surface area contributed by atoms with E-state index >= 15 is 0 Å². The maximum atomic E-state index is 12.1. The smallest absolute Gasteiger partial charge is 0.294 e. The Morgan fingerprint density at radius 3 is 2.82 bits per heavy atom. The van der Waals surface area contributed by atoms with E-state index in [4.69, 9.17) is 22.1 Å². The van der Waals surface area contributed by atoms with Crippen LogP contribution < -0.4 is 10.5 Å². The van der Waals surface area contributed by atoms with E-state index < -0.39 is 23.6 Å². The number of hydrogen-bond acceptors (Lipinski definition) is 5. The summed E-state index contributed by atoms with van der Waals surface area (Å²) in [7, 11) is 0. The Morgan fingerprint density at radius 1 is 1.45 bits per heavy atom. The Morgan fingerprint density at radius 2 is 2.18 bits per heavy atom. The third-order valence-electron chi connectivity index (χ3n) is 2.75. The van der Waals surface area contributed by atoms with Gasteiger partial charge in [-0.25, -0.2) is 0 Å². The number of benzene rings is 1. The van der Waals surface area contributed by atoms with Gasteiger partial charge < -0.3 is 10.5 Å². The zero-order valence-electron chi connectivity index (χ0n) is 11.7. The average molecular weight is 341 g/mol. The average Bonchev–Trinajstić information content (AvgIpc) is 2.69. The molecule has 0 aliphatic carbocycles. The van der Waals surface area contributed by atoms with Crippen molar-refractivity contribution in [2.75, 3.05) is 13.2 Å². The Hall–Kier alpha value is -1.99. The van der Waals surface area contributed by atoms with Gasteiger partial charge in [-0.2, -0.15) is 0 Å². The molecule has 6 nitrogen and oxygen atoms in total. The maximum Gasteiger partial charge on any atom is 0.294 e. The zero-order valence-corrected chi connectivity index (χ0v) is 13.2. The summed E-state index contributed by atoms with van der Waals surface area (Å²) in [5, 5.41) is -0.0545. The minimum Gasteiger partial charge on any atom is -0.493 e. The van der Waals surface area contributed by atoms with Crippen LogP contribution in [0.4, 0.5) is 4.79 Å². The number of ether oxygens (including phenoxy) is 1. The summed E-state index contributed by atoms with van der Waals surface area (Å²) in [5.74, 6) is -0.758. The second kappa shape index (κ2) is 6.85. The van der Waals surface area contributed by atoms with Gasteiger partial charge in [0, 0.05) is 10.6 Å². The highest BCUT2D eigenvalue weighted by Crippen LogP contribution is 2.34. The van der Waals surface area contributed by atoms with E-state index in [0.717, 1.165) is 16.7 Å². The molecule has 1 saturated heterocycles. The first-order valence-corrected chi connectivity index (χ1v) is 7.58. The number of halogens is 1. The quantitative estimate of drug-likeness (QED) is 0.830. The molecule has 1 fully saturated rings. The molecule has 1 heterocycles. The van der Waals surface area contributed by atoms with Crippen molar-refractivity contribution in [2.24, 2.45) is 5.73 Å². The second-order valence-electron chi connectivity index (χ2n) is 4.35. The van der Waals surface area contributed by atoms with Crippen molar-refractivity contribution in [3.63, 3.8) is 0 Å². The van der Waals surface area contributed by atoms with Crippen molar-refractivity contribution in [1.82, 2.24) is 4.90 Å². The second-order valence-corrected chi connectivity index (χ2v) is 5.78. The van der Waals surface area contributed by atoms with Crippen molar-refractivity contribution in [3.05, 3.63) is 33.7 Å². The van der Waals surface area contributed by atoms with Crippen molar-refractivity contribution in [1.29, 1.82) is 0 Å². The summed E-state index contributed by atoms with van der Waals surface area (Å²) in [6.45, 7) is 1.85. The normalized spacial score (nSPS) is 16.5. The molecular formula is C14H13ClN2O4S. The van der Waals surface area contributed by atoms with E-state index in [9.17, 15) is 14.4 Å². The van der Waals surface area contributed by atoms with Gasteiger partial charge in [0.1, 0.15) is 12.3 Å². The Bertz CT molecular complexity index is 675. The van der Waals surface area contributed by atoms with Crippen LogP contribution in [0.5, 0.6) is 5.75 Å². The third kappa shape index (κ3) is 3.61. The monoisotopic (exact) mass is 340 g/mol. The van der Waals surface area contributed by atoms with Crippen LogP contribution in [0.15, 0.2) is 23.1 Å². The summed E-state index contributed by atoms with van der Waals surface area (Å²) in [4.78, 5) is 35.8. The predicted molar refractivity (Wildman–Crippen MR) is 84.5 cm³/mol. The lowest BCUT2D eigenvalue weighted by atomic mass is 10.2. The van der Waals surface area contributed by atoms with Crippen LogP contribution >= 0.6 is 23.4 Å². The highest BCUT2D eigenvalue weighted by Gasteiger charge is 2.36. The molecule has 1 aliphatic rings. The number of hydrogen-bond donors (Lipinski definition) is 1. The maximum absolute atomic E-state index is 12.1. The van der Waals surface area contributed by atoms with Gasteiger partial charge >= 0.3 is 0 Å². The molecule has 3 amide bonds. The molecule has 0 spiro atoms. The lowest BCUT2D eigenvalue weighted by molar-refractivity contribution is -0.127. The number of primary amides is 1. The van der Waals surface area contributed by atoms with Gasteiger partial charge in [0.05, 0.1) is 11.5 Å². The fourth-order valence-electron chi connectivity index (χ4n) is 1.85. The topological polar surface area (TPSA) is 89.7 Å². The van der Waals surface area contributed by atoms with Gasteiger partial charge in [0.15, 0.2) is 0 Å². The molecule has 0 bridgehead atoms. The number of carbonyl (C=O) groups excluding carboxylic acids is 3. The zero-order chi connectivity index (χ0) is 16.3. The number of thioether (sulfide) groups is 1. The largest absolute Gasteiger partial charge is 0.493 e. The van der Waals surface area contributed by atoms with Gasteiger partial charge in [-0.3, -0.25) is 19.3 Å². The number of rotatable bonds is 5. The minimum atomic E-state index is -0.749. The van der Waals surface area contributed by atoms with Gasteiger partial charge in [-0.05, 0) is 43.0 Å². The highest BCUT2D eigenvalue weighted by atomic mass is 35.5. The Labute approximate surface area is 136 Å². The highest BCUT2D eigenvalue weighted by molar-refractivity contribution is 8.18. The van der Waals surface area contributed by atoms with Crippen LogP contribution in [0.2, 0.25) is 5.02 Å². The lowest BCUT2D eigenvalue weighted by Gasteiger charge is -2.09. The molecule has 116 valence electrons. The van der Waals surface area contributed by atoms with Crippen LogP contribution in [0.25, 0.3) is 6.08 Å². The van der Waals surface area contributed by atoms with E-state index in [-0.39, 0.29) is 4.91 Å². The Kier molecular flexibility index (Phi) is 5.10. The van der Waals surface area contributed by atoms with Crippen LogP contribution in [-0.4, -0.2) is 35.1 Å². The van der Waals surface area contributed by atoms with E-state index in [0.29, 0.717) is 22.9 Å². The van der Waals surface area contributed by atoms with Crippen LogP contribution in [-0.2, 0) is 9.59 Å². The Balaban J connectivity index is 2.34. The molecule has 0 unspecified atom stereocenters. The van der Waals surface area contributed by atoms with Crippen LogP contribution in [0.3, 0.4) is 0 Å². The molecule has 1 aliphatic heterocycles. The fraction of sp³-hybridized carbons (Fsp3) is 0.214. The van der Waals surface area contributed by atoms with Crippen molar-refractivity contribution in [2.45, 2.75) is 6.92 Å². The van der Waals surface area contributed by atoms with Crippen molar-refractivity contribution >= 4 is 46.5 Å². The predicted octanol–water partition coefficient (Wildman–Crippen LogP) is 2.26. The molecular weight excluding hydrogens is 328 g/mol. The van der Waals surface area contributed by atoms with E-state index in [1.165, 1.54) is 6.08 Å². The van der Waals surface area contributed by atoms with E-state index in [1.54, 1.807) is 18.2 Å². The fourth-order valence-corrected chi connectivity index (χ4v) is 2.86. The molecule has 1 aromatic rings. The minimum absolute atomic E-state index is 0.189. The summed E-state index contributed by atoms with van der Waals surface area (Å²) >= 11 is 6.69. The number of carbonyl (C=O) groups is 3. The number of nitrogens with zero attached hydrogens (tertiary/aromatic N) is 1. The molecule has 1 aromatic carbocycles. The first kappa shape index (κ1) is 16.4. The summed E-state index contributed by atoms with van der Waals surface area (Å²) in [5.41, 5.74) is 5.61. The van der Waals surface area contributed by atoms with Crippen LogP contribution in [0, 0.1) is 0 Å². The number of imide groups is 1. The number of nitrogens with two attached hydrogens (primary N) is 1. The molecule has 8 heteroatoms. The third-order valence-corrected chi connectivity index (χ3v) is 3.89. The van der Waals surface area contributed by atoms with Gasteiger partial charge in [0.2, 0.25) is 5.91 Å². The lowest BCUT2D eigenvalue weighted by Crippen LogP contribution is -2.36. The van der Waals surface area contributed by atoms with E-state index in [1.807, 2.05) is 6.92 Å². The molecule has 0 atom stereocenters. The van der Waals surface area contributed by atoms with E-state index in [2.05, 4.69) is 0 Å². The standard InChI is InChI=1S/C14H13ClN2O4S/c1-2-21-10-4-3-9(15)5-8(10)6-11-13(19)17(7-12(16)18)14(20)22-11/h3-6H,2,7H2,1H3,(H2,16,18)/b11-6-. The molecule has 22 heavy (non-hydrogen) atoms. The van der Waals surface area contributed by atoms with Crippen LogP contribution in [0.1, 0.15) is 12.5 Å². The molecule has 2 rings (SSSR count). The summed E-state index contributed by atoms with van der Waals surface area (Å²) in [6.07, 6.45) is 1.52. The van der Waals surface area contributed by atoms with Crippen molar-refractivity contribution in [3.8, 4) is 5.75 Å². The molecule has 2 N–H and O–H groups in total. The first-order valence-electron chi connectivity index (χ1n) is 6.38. The summed E-state index contributed by atoms with van der Waals surface area (Å²) in [6, 6.07) is 4.99. The number of amides is 3.